The molecule has 0 saturated carbocycles. The Morgan fingerprint density at radius 1 is 1.08 bits per heavy atom. The van der Waals surface area contributed by atoms with Gasteiger partial charge in [0.05, 0.1) is 0 Å². The van der Waals surface area contributed by atoms with Crippen LogP contribution in [0.4, 0.5) is 4.39 Å². The molecule has 136 valence electrons. The molecule has 1 saturated heterocycles. The van der Waals surface area contributed by atoms with Crippen LogP contribution in [0.3, 0.4) is 0 Å². The van der Waals surface area contributed by atoms with Crippen LogP contribution >= 0.6 is 0 Å². The van der Waals surface area contributed by atoms with E-state index in [1.165, 1.54) is 16.7 Å². The molecular formula is C22H25FN2O. The van der Waals surface area contributed by atoms with E-state index in [9.17, 15) is 9.18 Å². The third kappa shape index (κ3) is 3.80. The highest BCUT2D eigenvalue weighted by atomic mass is 19.1. The molecule has 0 aromatic heterocycles. The fourth-order valence-corrected chi connectivity index (χ4v) is 4.17. The number of hydrogen-bond acceptors (Lipinski definition) is 2. The lowest BCUT2D eigenvalue weighted by Crippen LogP contribution is -2.25. The lowest BCUT2D eigenvalue weighted by molar-refractivity contribution is -0.128. The summed E-state index contributed by atoms with van der Waals surface area (Å²) in [5.74, 6) is 0.119. The zero-order valence-corrected chi connectivity index (χ0v) is 15.0. The quantitative estimate of drug-likeness (QED) is 0.878. The van der Waals surface area contributed by atoms with Crippen LogP contribution in [0.25, 0.3) is 0 Å². The Labute approximate surface area is 154 Å². The number of carbonyl (C=O) groups is 1. The van der Waals surface area contributed by atoms with Crippen molar-refractivity contribution in [3.8, 4) is 0 Å². The highest BCUT2D eigenvalue weighted by Gasteiger charge is 2.21. The van der Waals surface area contributed by atoms with E-state index in [2.05, 4.69) is 29.6 Å². The molecule has 1 unspecified atom stereocenters. The van der Waals surface area contributed by atoms with Gasteiger partial charge < -0.3 is 10.2 Å². The third-order valence-corrected chi connectivity index (χ3v) is 5.51. The van der Waals surface area contributed by atoms with Crippen molar-refractivity contribution in [3.63, 3.8) is 0 Å². The normalized spacial score (nSPS) is 19.7. The predicted octanol–water partition coefficient (Wildman–Crippen LogP) is 4.12. The maximum atomic E-state index is 13.5. The number of fused-ring (bicyclic) bond motifs is 1. The Bertz CT molecular complexity index is 804. The van der Waals surface area contributed by atoms with Gasteiger partial charge in [0, 0.05) is 32.1 Å². The lowest BCUT2D eigenvalue weighted by Gasteiger charge is -2.26. The lowest BCUT2D eigenvalue weighted by atomic mass is 9.87. The average molecular weight is 352 g/mol. The van der Waals surface area contributed by atoms with Crippen LogP contribution in [-0.4, -0.2) is 17.4 Å². The molecule has 1 atom stereocenters. The van der Waals surface area contributed by atoms with Gasteiger partial charge in [-0.15, -0.1) is 0 Å². The number of nitrogens with one attached hydrogen (secondary N) is 1. The van der Waals surface area contributed by atoms with Gasteiger partial charge in [-0.05, 0) is 60.1 Å². The summed E-state index contributed by atoms with van der Waals surface area (Å²) in [4.78, 5) is 13.8. The number of hydrogen-bond donors (Lipinski definition) is 1. The van der Waals surface area contributed by atoms with Crippen LogP contribution in [0, 0.1) is 5.82 Å². The number of nitrogens with zero attached hydrogens (tertiary/aromatic N) is 1. The molecule has 2 aromatic rings. The van der Waals surface area contributed by atoms with E-state index in [0.717, 1.165) is 44.3 Å². The van der Waals surface area contributed by atoms with Crippen molar-refractivity contribution in [2.75, 3.05) is 6.54 Å². The maximum absolute atomic E-state index is 13.5. The second-order valence-electron chi connectivity index (χ2n) is 7.41. The zero-order valence-electron chi connectivity index (χ0n) is 15.0. The molecule has 26 heavy (non-hydrogen) atoms. The fraction of sp³-hybridized carbons (Fsp3) is 0.409. The number of likely N-dealkylation sites (tertiary alicyclic amines) is 1. The molecule has 0 radical (unpaired) electrons. The van der Waals surface area contributed by atoms with Crippen molar-refractivity contribution in [2.24, 2.45) is 0 Å². The molecule has 0 bridgehead atoms. The first kappa shape index (κ1) is 17.2. The van der Waals surface area contributed by atoms with Gasteiger partial charge in [0.1, 0.15) is 5.82 Å². The second-order valence-corrected chi connectivity index (χ2v) is 7.41. The van der Waals surface area contributed by atoms with E-state index in [-0.39, 0.29) is 17.8 Å². The molecule has 1 amide bonds. The van der Waals surface area contributed by atoms with Gasteiger partial charge in [-0.25, -0.2) is 4.39 Å². The van der Waals surface area contributed by atoms with Crippen LogP contribution < -0.4 is 5.32 Å². The molecule has 4 rings (SSSR count). The Morgan fingerprint density at radius 3 is 2.81 bits per heavy atom. The number of aryl methyl sites for hydroxylation is 1. The smallest absolute Gasteiger partial charge is 0.222 e. The summed E-state index contributed by atoms with van der Waals surface area (Å²) in [5.41, 5.74) is 4.78. The first-order valence-corrected chi connectivity index (χ1v) is 9.56. The van der Waals surface area contributed by atoms with E-state index in [0.29, 0.717) is 13.0 Å². The Balaban J connectivity index is 1.41. The summed E-state index contributed by atoms with van der Waals surface area (Å²) in [6, 6.07) is 13.9. The zero-order chi connectivity index (χ0) is 17.9. The number of halogens is 1. The van der Waals surface area contributed by atoms with Crippen LogP contribution in [-0.2, 0) is 24.3 Å². The Hall–Kier alpha value is -2.20. The van der Waals surface area contributed by atoms with E-state index in [4.69, 9.17) is 0 Å². The molecule has 1 N–H and O–H groups in total. The van der Waals surface area contributed by atoms with Crippen LogP contribution in [0.5, 0.6) is 0 Å². The molecule has 0 spiro atoms. The Morgan fingerprint density at radius 2 is 1.96 bits per heavy atom. The third-order valence-electron chi connectivity index (χ3n) is 5.51. The van der Waals surface area contributed by atoms with E-state index < -0.39 is 0 Å². The highest BCUT2D eigenvalue weighted by molar-refractivity contribution is 5.78. The largest absolute Gasteiger partial charge is 0.338 e. The summed E-state index contributed by atoms with van der Waals surface area (Å²) in [5, 5.41) is 3.64. The topological polar surface area (TPSA) is 32.3 Å². The van der Waals surface area contributed by atoms with Crippen molar-refractivity contribution in [2.45, 2.75) is 51.2 Å². The van der Waals surface area contributed by atoms with Crippen molar-refractivity contribution in [1.29, 1.82) is 0 Å². The van der Waals surface area contributed by atoms with Crippen molar-refractivity contribution in [3.05, 3.63) is 70.5 Å². The molecule has 4 heteroatoms. The minimum absolute atomic E-state index is 0.145. The molecule has 2 aromatic carbocycles. The van der Waals surface area contributed by atoms with Gasteiger partial charge in [-0.3, -0.25) is 4.79 Å². The Kier molecular flexibility index (Phi) is 5.02. The average Bonchev–Trinajstić information content (AvgIpc) is 3.04. The van der Waals surface area contributed by atoms with Crippen molar-refractivity contribution < 1.29 is 9.18 Å². The monoisotopic (exact) mass is 352 g/mol. The second kappa shape index (κ2) is 7.58. The molecule has 1 aliphatic carbocycles. The van der Waals surface area contributed by atoms with Crippen LogP contribution in [0.1, 0.15) is 54.0 Å². The SMILES string of the molecule is O=C1CCCN1Cc1cccc(CNC2CCCc3cc(F)ccc32)c1. The summed E-state index contributed by atoms with van der Waals surface area (Å²) in [7, 11) is 0. The maximum Gasteiger partial charge on any atom is 0.222 e. The van der Waals surface area contributed by atoms with Crippen molar-refractivity contribution in [1.82, 2.24) is 10.2 Å². The van der Waals surface area contributed by atoms with Gasteiger partial charge in [0.2, 0.25) is 5.91 Å². The van der Waals surface area contributed by atoms with Crippen molar-refractivity contribution >= 4 is 5.91 Å². The number of rotatable bonds is 5. The van der Waals surface area contributed by atoms with Gasteiger partial charge in [-0.1, -0.05) is 30.3 Å². The van der Waals surface area contributed by atoms with E-state index >= 15 is 0 Å². The minimum atomic E-state index is -0.145. The predicted molar refractivity (Wildman–Crippen MR) is 100 cm³/mol. The van der Waals surface area contributed by atoms with Gasteiger partial charge in [-0.2, -0.15) is 0 Å². The van der Waals surface area contributed by atoms with E-state index in [1.807, 2.05) is 11.0 Å². The summed E-state index contributed by atoms with van der Waals surface area (Å²) in [6.07, 6.45) is 4.79. The minimum Gasteiger partial charge on any atom is -0.338 e. The molecule has 1 heterocycles. The molecular weight excluding hydrogens is 327 g/mol. The van der Waals surface area contributed by atoms with E-state index in [1.54, 1.807) is 12.1 Å². The van der Waals surface area contributed by atoms with Crippen LogP contribution in [0.15, 0.2) is 42.5 Å². The molecule has 3 nitrogen and oxygen atoms in total. The molecule has 1 fully saturated rings. The summed E-state index contributed by atoms with van der Waals surface area (Å²) >= 11 is 0. The van der Waals surface area contributed by atoms with Gasteiger partial charge in [0.25, 0.3) is 0 Å². The number of amides is 1. The van der Waals surface area contributed by atoms with Crippen LogP contribution in [0.2, 0.25) is 0 Å². The number of benzene rings is 2. The highest BCUT2D eigenvalue weighted by Crippen LogP contribution is 2.30. The van der Waals surface area contributed by atoms with Gasteiger partial charge >= 0.3 is 0 Å². The standard InChI is InChI=1S/C22H25FN2O/c23-19-9-10-20-18(13-19)6-2-7-21(20)24-14-16-4-1-5-17(12-16)15-25-11-3-8-22(25)26/h1,4-5,9-10,12-13,21,24H,2-3,6-8,11,14-15H2. The number of carbonyl (C=O) groups excluding carboxylic acids is 1. The molecule has 2 aliphatic rings. The first-order chi connectivity index (χ1) is 12.7. The molecule has 1 aliphatic heterocycles. The first-order valence-electron chi connectivity index (χ1n) is 9.56. The van der Waals surface area contributed by atoms with Gasteiger partial charge in [0.15, 0.2) is 0 Å². The summed E-state index contributed by atoms with van der Waals surface area (Å²) < 4.78 is 13.5. The fourth-order valence-electron chi connectivity index (χ4n) is 4.17. The summed E-state index contributed by atoms with van der Waals surface area (Å²) in [6.45, 7) is 2.36.